The van der Waals surface area contributed by atoms with E-state index in [4.69, 9.17) is 4.74 Å². The third kappa shape index (κ3) is 4.77. The Hall–Kier alpha value is -1.43. The summed E-state index contributed by atoms with van der Waals surface area (Å²) in [7, 11) is 0. The van der Waals surface area contributed by atoms with Crippen molar-refractivity contribution >= 4 is 34.7 Å². The van der Waals surface area contributed by atoms with Gasteiger partial charge in [-0.25, -0.2) is 0 Å². The molecule has 5 heteroatoms. The van der Waals surface area contributed by atoms with Gasteiger partial charge in [-0.2, -0.15) is 0 Å². The van der Waals surface area contributed by atoms with Gasteiger partial charge in [0.2, 0.25) is 5.91 Å². The second kappa shape index (κ2) is 8.43. The molecule has 1 fully saturated rings. The zero-order chi connectivity index (χ0) is 15.9. The van der Waals surface area contributed by atoms with Crippen LogP contribution in [0.4, 0.5) is 0 Å². The van der Waals surface area contributed by atoms with E-state index in [0.717, 1.165) is 43.9 Å². The molecule has 3 nitrogen and oxygen atoms in total. The lowest BCUT2D eigenvalue weighted by Crippen LogP contribution is -2.43. The maximum absolute atomic E-state index is 12.7. The van der Waals surface area contributed by atoms with Crippen LogP contribution in [-0.4, -0.2) is 36.6 Å². The summed E-state index contributed by atoms with van der Waals surface area (Å²) in [5.41, 5.74) is 0. The first-order valence-corrected chi connectivity index (χ1v) is 9.71. The third-order valence-corrected chi connectivity index (χ3v) is 5.80. The van der Waals surface area contributed by atoms with Crippen molar-refractivity contribution in [3.8, 4) is 0 Å². The van der Waals surface area contributed by atoms with Gasteiger partial charge in [0.25, 0.3) is 0 Å². The average molecular weight is 348 g/mol. The van der Waals surface area contributed by atoms with Crippen molar-refractivity contribution in [2.75, 3.05) is 19.8 Å². The average Bonchev–Trinajstić information content (AvgIpc) is 3.28. The Bertz CT molecular complexity index is 614. The van der Waals surface area contributed by atoms with Crippen molar-refractivity contribution in [2.45, 2.75) is 25.3 Å². The van der Waals surface area contributed by atoms with E-state index in [1.807, 2.05) is 28.5 Å². The van der Waals surface area contributed by atoms with Crippen LogP contribution < -0.4 is 0 Å². The zero-order valence-corrected chi connectivity index (χ0v) is 14.7. The highest BCUT2D eigenvalue weighted by atomic mass is 32.1. The van der Waals surface area contributed by atoms with Gasteiger partial charge in [0.15, 0.2) is 0 Å². The monoisotopic (exact) mass is 347 g/mol. The number of ether oxygens (including phenoxy) is 1. The van der Waals surface area contributed by atoms with Crippen LogP contribution in [0.15, 0.2) is 41.1 Å². The molecule has 0 spiro atoms. The van der Waals surface area contributed by atoms with E-state index < -0.39 is 0 Å². The number of hydrogen-bond donors (Lipinski definition) is 0. The second-order valence-corrected chi connectivity index (χ2v) is 7.56. The minimum Gasteiger partial charge on any atom is -0.381 e. The standard InChI is InChI=1S/C18H21NO2S2/c20-18(6-5-16-3-1-13-22-16)19(15-8-11-21-12-9-15)10-7-17-4-2-14-23-17/h1-6,13-15H,7-12H2/b6-5+. The fourth-order valence-corrected chi connectivity index (χ4v) is 4.11. The molecule has 0 aromatic carbocycles. The Kier molecular flexibility index (Phi) is 6.02. The molecular formula is C18H21NO2S2. The molecule has 3 heterocycles. The molecule has 23 heavy (non-hydrogen) atoms. The minimum absolute atomic E-state index is 0.113. The lowest BCUT2D eigenvalue weighted by Gasteiger charge is -2.33. The van der Waals surface area contributed by atoms with Crippen LogP contribution in [0.25, 0.3) is 6.08 Å². The summed E-state index contributed by atoms with van der Waals surface area (Å²) in [6, 6.07) is 8.53. The van der Waals surface area contributed by atoms with Crippen molar-refractivity contribution in [2.24, 2.45) is 0 Å². The minimum atomic E-state index is 0.113. The molecule has 0 aliphatic carbocycles. The van der Waals surface area contributed by atoms with Crippen molar-refractivity contribution in [3.63, 3.8) is 0 Å². The van der Waals surface area contributed by atoms with Crippen LogP contribution in [0, 0.1) is 0 Å². The maximum Gasteiger partial charge on any atom is 0.246 e. The summed E-state index contributed by atoms with van der Waals surface area (Å²) in [6.45, 7) is 2.28. The van der Waals surface area contributed by atoms with Crippen LogP contribution in [-0.2, 0) is 16.0 Å². The predicted octanol–water partition coefficient (Wildman–Crippen LogP) is 4.07. The lowest BCUT2D eigenvalue weighted by atomic mass is 10.1. The summed E-state index contributed by atoms with van der Waals surface area (Å²) >= 11 is 3.40. The van der Waals surface area contributed by atoms with E-state index in [0.29, 0.717) is 6.04 Å². The molecule has 0 saturated carbocycles. The molecule has 0 radical (unpaired) electrons. The Morgan fingerprint density at radius 3 is 2.70 bits per heavy atom. The van der Waals surface area contributed by atoms with Crippen LogP contribution in [0.3, 0.4) is 0 Å². The molecule has 2 aromatic heterocycles. The Labute approximate surface area is 145 Å². The number of carbonyl (C=O) groups excluding carboxylic acids is 1. The normalized spacial score (nSPS) is 16.0. The van der Waals surface area contributed by atoms with E-state index in [1.165, 1.54) is 4.88 Å². The van der Waals surface area contributed by atoms with Gasteiger partial charge in [-0.15, -0.1) is 22.7 Å². The fourth-order valence-electron chi connectivity index (χ4n) is 2.79. The summed E-state index contributed by atoms with van der Waals surface area (Å²) in [4.78, 5) is 17.2. The van der Waals surface area contributed by atoms with Crippen molar-refractivity contribution in [1.82, 2.24) is 4.90 Å². The first-order chi connectivity index (χ1) is 11.3. The van der Waals surface area contributed by atoms with Crippen molar-refractivity contribution < 1.29 is 9.53 Å². The highest BCUT2D eigenvalue weighted by Crippen LogP contribution is 2.18. The van der Waals surface area contributed by atoms with Crippen LogP contribution >= 0.6 is 22.7 Å². The van der Waals surface area contributed by atoms with Gasteiger partial charge in [0.05, 0.1) is 0 Å². The highest BCUT2D eigenvalue weighted by molar-refractivity contribution is 7.10. The molecule has 1 amide bonds. The van der Waals surface area contributed by atoms with Gasteiger partial charge >= 0.3 is 0 Å². The first kappa shape index (κ1) is 16.4. The molecule has 1 aliphatic rings. The predicted molar refractivity (Wildman–Crippen MR) is 96.9 cm³/mol. The first-order valence-electron chi connectivity index (χ1n) is 7.95. The molecule has 2 aromatic rings. The topological polar surface area (TPSA) is 29.5 Å². The largest absolute Gasteiger partial charge is 0.381 e. The maximum atomic E-state index is 12.7. The Morgan fingerprint density at radius 2 is 2.00 bits per heavy atom. The van der Waals surface area contributed by atoms with Gasteiger partial charge in [-0.3, -0.25) is 4.79 Å². The van der Waals surface area contributed by atoms with Crippen LogP contribution in [0.5, 0.6) is 0 Å². The molecule has 122 valence electrons. The zero-order valence-electron chi connectivity index (χ0n) is 13.0. The molecule has 3 rings (SSSR count). The SMILES string of the molecule is O=C(/C=C/c1cccs1)N(CCc1cccs1)C1CCOCC1. The summed E-state index contributed by atoms with van der Waals surface area (Å²) < 4.78 is 5.45. The van der Waals surface area contributed by atoms with E-state index in [1.54, 1.807) is 28.7 Å². The number of carbonyl (C=O) groups is 1. The number of hydrogen-bond acceptors (Lipinski definition) is 4. The quantitative estimate of drug-likeness (QED) is 0.737. The Balaban J connectivity index is 1.66. The second-order valence-electron chi connectivity index (χ2n) is 5.55. The van der Waals surface area contributed by atoms with E-state index in [-0.39, 0.29) is 5.91 Å². The van der Waals surface area contributed by atoms with Gasteiger partial charge < -0.3 is 9.64 Å². The molecule has 0 atom stereocenters. The third-order valence-electron chi connectivity index (χ3n) is 4.03. The highest BCUT2D eigenvalue weighted by Gasteiger charge is 2.24. The van der Waals surface area contributed by atoms with Crippen molar-refractivity contribution in [1.29, 1.82) is 0 Å². The lowest BCUT2D eigenvalue weighted by molar-refractivity contribution is -0.130. The van der Waals surface area contributed by atoms with Crippen molar-refractivity contribution in [3.05, 3.63) is 50.9 Å². The van der Waals surface area contributed by atoms with E-state index in [9.17, 15) is 4.79 Å². The molecule has 0 unspecified atom stereocenters. The summed E-state index contributed by atoms with van der Waals surface area (Å²) in [6.07, 6.45) is 6.43. The summed E-state index contributed by atoms with van der Waals surface area (Å²) in [5.74, 6) is 0.113. The van der Waals surface area contributed by atoms with E-state index >= 15 is 0 Å². The Morgan fingerprint density at radius 1 is 1.22 bits per heavy atom. The van der Waals surface area contributed by atoms with Gasteiger partial charge in [-0.1, -0.05) is 12.1 Å². The van der Waals surface area contributed by atoms with Gasteiger partial charge in [-0.05, 0) is 48.2 Å². The van der Waals surface area contributed by atoms with E-state index in [2.05, 4.69) is 17.5 Å². The van der Waals surface area contributed by atoms with Gasteiger partial charge in [0, 0.05) is 41.6 Å². The summed E-state index contributed by atoms with van der Waals surface area (Å²) in [5, 5.41) is 4.11. The molecular weight excluding hydrogens is 326 g/mol. The number of thiophene rings is 2. The molecule has 0 bridgehead atoms. The van der Waals surface area contributed by atoms with Crippen LogP contribution in [0.2, 0.25) is 0 Å². The fraction of sp³-hybridized carbons (Fsp3) is 0.389. The molecule has 1 aliphatic heterocycles. The number of rotatable bonds is 6. The smallest absolute Gasteiger partial charge is 0.246 e. The van der Waals surface area contributed by atoms with Gasteiger partial charge in [0.1, 0.15) is 0 Å². The molecule has 1 saturated heterocycles. The number of nitrogens with zero attached hydrogens (tertiary/aromatic N) is 1. The van der Waals surface area contributed by atoms with Crippen LogP contribution in [0.1, 0.15) is 22.6 Å². The number of amides is 1. The molecule has 0 N–H and O–H groups in total.